The minimum Gasteiger partial charge on any atom is -0.467 e. The van der Waals surface area contributed by atoms with E-state index < -0.39 is 4.92 Å². The Morgan fingerprint density at radius 3 is 2.85 bits per heavy atom. The predicted octanol–water partition coefficient (Wildman–Crippen LogP) is 1.83. The van der Waals surface area contributed by atoms with Crippen LogP contribution in [0.2, 0.25) is 0 Å². The van der Waals surface area contributed by atoms with Gasteiger partial charge in [0.25, 0.3) is 5.69 Å². The van der Waals surface area contributed by atoms with Gasteiger partial charge in [0, 0.05) is 12.6 Å². The van der Waals surface area contributed by atoms with Gasteiger partial charge in [-0.05, 0) is 32.3 Å². The second-order valence-electron chi connectivity index (χ2n) is 4.76. The lowest BCUT2D eigenvalue weighted by Gasteiger charge is -2.34. The zero-order valence-corrected chi connectivity index (χ0v) is 11.5. The summed E-state index contributed by atoms with van der Waals surface area (Å²) >= 11 is 0. The number of ether oxygens (including phenoxy) is 1. The van der Waals surface area contributed by atoms with E-state index in [2.05, 4.69) is 4.98 Å². The van der Waals surface area contributed by atoms with Crippen molar-refractivity contribution >= 4 is 17.5 Å². The van der Waals surface area contributed by atoms with Crippen LogP contribution in [-0.4, -0.2) is 35.6 Å². The van der Waals surface area contributed by atoms with Crippen molar-refractivity contribution in [2.75, 3.05) is 18.6 Å². The summed E-state index contributed by atoms with van der Waals surface area (Å²) in [6.07, 6.45) is 2.64. The van der Waals surface area contributed by atoms with E-state index in [1.54, 1.807) is 13.0 Å². The van der Waals surface area contributed by atoms with E-state index in [1.807, 2.05) is 4.90 Å². The third-order valence-electron chi connectivity index (χ3n) is 3.51. The lowest BCUT2D eigenvalue weighted by atomic mass is 10.0. The van der Waals surface area contributed by atoms with Gasteiger partial charge in [0.1, 0.15) is 17.6 Å². The summed E-state index contributed by atoms with van der Waals surface area (Å²) < 4.78 is 4.82. The molecular weight excluding hydrogens is 262 g/mol. The first kappa shape index (κ1) is 14.2. The van der Waals surface area contributed by atoms with Crippen LogP contribution in [0.3, 0.4) is 0 Å². The number of nitro groups is 1. The van der Waals surface area contributed by atoms with Crippen LogP contribution >= 0.6 is 0 Å². The maximum Gasteiger partial charge on any atom is 0.328 e. The maximum atomic E-state index is 11.8. The van der Waals surface area contributed by atoms with E-state index in [0.29, 0.717) is 24.5 Å². The molecule has 7 heteroatoms. The van der Waals surface area contributed by atoms with E-state index in [1.165, 1.54) is 13.2 Å². The number of aryl methyl sites for hydroxylation is 1. The number of nitrogens with zero attached hydrogens (tertiary/aromatic N) is 3. The third-order valence-corrected chi connectivity index (χ3v) is 3.51. The minimum absolute atomic E-state index is 0.0135. The molecule has 1 fully saturated rings. The number of hydrogen-bond donors (Lipinski definition) is 0. The highest BCUT2D eigenvalue weighted by Crippen LogP contribution is 2.26. The molecule has 1 aliphatic rings. The number of piperidine rings is 1. The molecule has 108 valence electrons. The highest BCUT2D eigenvalue weighted by molar-refractivity contribution is 5.79. The summed E-state index contributed by atoms with van der Waals surface area (Å²) in [6.45, 7) is 2.29. The normalized spacial score (nSPS) is 18.7. The van der Waals surface area contributed by atoms with E-state index in [9.17, 15) is 14.9 Å². The molecule has 0 radical (unpaired) electrons. The Labute approximate surface area is 116 Å². The fourth-order valence-corrected chi connectivity index (χ4v) is 2.48. The van der Waals surface area contributed by atoms with Gasteiger partial charge >= 0.3 is 5.97 Å². The highest BCUT2D eigenvalue weighted by atomic mass is 16.6. The Bertz CT molecular complexity index is 532. The minimum atomic E-state index is -0.458. The van der Waals surface area contributed by atoms with Crippen molar-refractivity contribution in [1.82, 2.24) is 4.98 Å². The maximum absolute atomic E-state index is 11.8. The number of carbonyl (C=O) groups is 1. The van der Waals surface area contributed by atoms with Gasteiger partial charge in [0.15, 0.2) is 0 Å². The number of methoxy groups -OCH3 is 1. The van der Waals surface area contributed by atoms with E-state index in [4.69, 9.17) is 4.74 Å². The molecule has 2 rings (SSSR count). The Balaban J connectivity index is 2.31. The number of anilines is 1. The van der Waals surface area contributed by atoms with Crippen molar-refractivity contribution in [3.8, 4) is 0 Å². The predicted molar refractivity (Wildman–Crippen MR) is 72.6 cm³/mol. The number of rotatable bonds is 3. The molecule has 7 nitrogen and oxygen atoms in total. The van der Waals surface area contributed by atoms with E-state index in [-0.39, 0.29) is 17.7 Å². The number of carbonyl (C=O) groups excluding carboxylic acids is 1. The number of hydrogen-bond acceptors (Lipinski definition) is 6. The van der Waals surface area contributed by atoms with Crippen LogP contribution in [0.25, 0.3) is 0 Å². The molecule has 1 aromatic rings. The van der Waals surface area contributed by atoms with Crippen LogP contribution in [0.5, 0.6) is 0 Å². The standard InChI is InChI=1S/C13H17N3O4/c1-9-10(16(18)19)6-7-12(14-9)15-8-4-3-5-11(15)13(17)20-2/h6-7,11H,3-5,8H2,1-2H3. The van der Waals surface area contributed by atoms with Crippen LogP contribution in [0, 0.1) is 17.0 Å². The molecule has 0 amide bonds. The molecule has 0 N–H and O–H groups in total. The molecule has 1 aliphatic heterocycles. The molecule has 1 atom stereocenters. The summed E-state index contributed by atoms with van der Waals surface area (Å²) in [5.41, 5.74) is 0.335. The zero-order chi connectivity index (χ0) is 14.7. The van der Waals surface area contributed by atoms with Gasteiger partial charge in [-0.1, -0.05) is 0 Å². The first-order valence-corrected chi connectivity index (χ1v) is 6.51. The summed E-state index contributed by atoms with van der Waals surface area (Å²) in [7, 11) is 1.36. The van der Waals surface area contributed by atoms with Crippen molar-refractivity contribution < 1.29 is 14.5 Å². The van der Waals surface area contributed by atoms with Crippen molar-refractivity contribution in [3.05, 3.63) is 27.9 Å². The molecule has 2 heterocycles. The molecule has 20 heavy (non-hydrogen) atoms. The number of esters is 1. The van der Waals surface area contributed by atoms with Crippen LogP contribution in [0.15, 0.2) is 12.1 Å². The fraction of sp³-hybridized carbons (Fsp3) is 0.538. The SMILES string of the molecule is COC(=O)C1CCCCN1c1ccc([N+](=O)[O-])c(C)n1. The lowest BCUT2D eigenvalue weighted by Crippen LogP contribution is -2.45. The van der Waals surface area contributed by atoms with Crippen molar-refractivity contribution in [1.29, 1.82) is 0 Å². The second-order valence-corrected chi connectivity index (χ2v) is 4.76. The van der Waals surface area contributed by atoms with Gasteiger partial charge in [-0.25, -0.2) is 9.78 Å². The smallest absolute Gasteiger partial charge is 0.328 e. The van der Waals surface area contributed by atoms with Crippen LogP contribution in [-0.2, 0) is 9.53 Å². The second kappa shape index (κ2) is 5.85. The molecule has 1 unspecified atom stereocenters. The fourth-order valence-electron chi connectivity index (χ4n) is 2.48. The summed E-state index contributed by atoms with van der Waals surface area (Å²) in [5, 5.41) is 10.8. The molecule has 0 bridgehead atoms. The monoisotopic (exact) mass is 279 g/mol. The Morgan fingerprint density at radius 1 is 1.50 bits per heavy atom. The van der Waals surface area contributed by atoms with Gasteiger partial charge in [0.2, 0.25) is 0 Å². The van der Waals surface area contributed by atoms with Crippen molar-refractivity contribution in [2.45, 2.75) is 32.2 Å². The van der Waals surface area contributed by atoms with Crippen LogP contribution in [0.4, 0.5) is 11.5 Å². The number of pyridine rings is 1. The Kier molecular flexibility index (Phi) is 4.16. The topological polar surface area (TPSA) is 85.6 Å². The first-order valence-electron chi connectivity index (χ1n) is 6.51. The van der Waals surface area contributed by atoms with E-state index in [0.717, 1.165) is 12.8 Å². The molecular formula is C13H17N3O4. The van der Waals surface area contributed by atoms with Crippen molar-refractivity contribution in [2.24, 2.45) is 0 Å². The van der Waals surface area contributed by atoms with E-state index >= 15 is 0 Å². The molecule has 0 aromatic carbocycles. The Morgan fingerprint density at radius 2 is 2.25 bits per heavy atom. The van der Waals surface area contributed by atoms with Gasteiger partial charge < -0.3 is 9.64 Å². The third kappa shape index (κ3) is 2.71. The van der Waals surface area contributed by atoms with Gasteiger partial charge in [-0.2, -0.15) is 0 Å². The molecule has 0 spiro atoms. The number of aromatic nitrogens is 1. The largest absolute Gasteiger partial charge is 0.467 e. The molecule has 0 aliphatic carbocycles. The molecule has 1 saturated heterocycles. The van der Waals surface area contributed by atoms with Crippen molar-refractivity contribution in [3.63, 3.8) is 0 Å². The van der Waals surface area contributed by atoms with Gasteiger partial charge in [-0.15, -0.1) is 0 Å². The molecule has 1 aromatic heterocycles. The van der Waals surface area contributed by atoms with Crippen LogP contribution < -0.4 is 4.90 Å². The average molecular weight is 279 g/mol. The Hall–Kier alpha value is -2.18. The highest BCUT2D eigenvalue weighted by Gasteiger charge is 2.31. The summed E-state index contributed by atoms with van der Waals surface area (Å²) in [4.78, 5) is 28.3. The summed E-state index contributed by atoms with van der Waals surface area (Å²) in [5.74, 6) is 0.297. The first-order chi connectivity index (χ1) is 9.54. The average Bonchev–Trinajstić information content (AvgIpc) is 2.46. The zero-order valence-electron chi connectivity index (χ0n) is 11.5. The van der Waals surface area contributed by atoms with Crippen LogP contribution in [0.1, 0.15) is 25.0 Å². The van der Waals surface area contributed by atoms with Gasteiger partial charge in [0.05, 0.1) is 12.0 Å². The quantitative estimate of drug-likeness (QED) is 0.476. The summed E-state index contributed by atoms with van der Waals surface area (Å²) in [6, 6.07) is 2.66. The lowest BCUT2D eigenvalue weighted by molar-refractivity contribution is -0.385. The molecule has 0 saturated carbocycles. The van der Waals surface area contributed by atoms with Gasteiger partial charge in [-0.3, -0.25) is 10.1 Å².